The highest BCUT2D eigenvalue weighted by Gasteiger charge is 2.05. The Hall–Kier alpha value is -0.450. The maximum Gasteiger partial charge on any atom is 0.160 e. The fourth-order valence-corrected chi connectivity index (χ4v) is 0.702. The number of carbonyl (C=O) groups excluding carboxylic acids is 1. The van der Waals surface area contributed by atoms with Crippen LogP contribution < -0.4 is 0 Å². The number of hydrogen-bond donors (Lipinski definition) is 0. The van der Waals surface area contributed by atoms with Crippen LogP contribution in [-0.2, 0) is 19.0 Å². The summed E-state index contributed by atoms with van der Waals surface area (Å²) in [5, 5.41) is 0. The van der Waals surface area contributed by atoms with E-state index in [-0.39, 0.29) is 18.3 Å². The van der Waals surface area contributed by atoms with Crippen LogP contribution >= 0.6 is 0 Å². The largest absolute Gasteiger partial charge is 0.382 e. The molecule has 4 nitrogen and oxygen atoms in total. The SMILES string of the molecule is COCCOCCOCC(=O)C(C)C. The van der Waals surface area contributed by atoms with Crippen molar-refractivity contribution in [2.75, 3.05) is 40.1 Å². The Bertz CT molecular complexity index is 145. The number of ether oxygens (including phenoxy) is 3. The van der Waals surface area contributed by atoms with Gasteiger partial charge in [-0.1, -0.05) is 13.8 Å². The van der Waals surface area contributed by atoms with Crippen LogP contribution in [0.2, 0.25) is 0 Å². The lowest BCUT2D eigenvalue weighted by atomic mass is 10.1. The zero-order chi connectivity index (χ0) is 10.8. The van der Waals surface area contributed by atoms with E-state index in [1.54, 1.807) is 7.11 Å². The van der Waals surface area contributed by atoms with E-state index in [0.717, 1.165) is 0 Å². The maximum absolute atomic E-state index is 11.1. The molecule has 0 N–H and O–H groups in total. The van der Waals surface area contributed by atoms with Gasteiger partial charge in [0.25, 0.3) is 0 Å². The van der Waals surface area contributed by atoms with Crippen LogP contribution in [0.25, 0.3) is 0 Å². The van der Waals surface area contributed by atoms with Crippen molar-refractivity contribution in [3.63, 3.8) is 0 Å². The van der Waals surface area contributed by atoms with Crippen molar-refractivity contribution in [1.82, 2.24) is 0 Å². The molecule has 0 aliphatic rings. The number of ketones is 1. The van der Waals surface area contributed by atoms with Crippen molar-refractivity contribution in [3.8, 4) is 0 Å². The van der Waals surface area contributed by atoms with Crippen LogP contribution in [-0.4, -0.2) is 45.9 Å². The van der Waals surface area contributed by atoms with E-state index in [2.05, 4.69) is 0 Å². The first-order valence-electron chi connectivity index (χ1n) is 4.85. The number of carbonyl (C=O) groups is 1. The Morgan fingerprint density at radius 1 is 1.07 bits per heavy atom. The van der Waals surface area contributed by atoms with Crippen LogP contribution in [0.1, 0.15) is 13.8 Å². The average Bonchev–Trinajstić information content (AvgIpc) is 2.16. The molecule has 0 amide bonds. The molecule has 0 saturated heterocycles. The second-order valence-electron chi connectivity index (χ2n) is 3.28. The third-order valence-electron chi connectivity index (χ3n) is 1.69. The van der Waals surface area contributed by atoms with Crippen molar-refractivity contribution >= 4 is 5.78 Å². The highest BCUT2D eigenvalue weighted by atomic mass is 16.5. The van der Waals surface area contributed by atoms with Crippen LogP contribution in [0, 0.1) is 5.92 Å². The molecule has 0 saturated carbocycles. The third kappa shape index (κ3) is 8.16. The Kier molecular flexibility index (Phi) is 8.83. The summed E-state index contributed by atoms with van der Waals surface area (Å²) in [4.78, 5) is 11.1. The summed E-state index contributed by atoms with van der Waals surface area (Å²) in [6.45, 7) is 6.03. The molecule has 4 heteroatoms. The van der Waals surface area contributed by atoms with Gasteiger partial charge in [0.05, 0.1) is 26.4 Å². The van der Waals surface area contributed by atoms with Gasteiger partial charge in [0, 0.05) is 13.0 Å². The molecule has 0 aliphatic heterocycles. The van der Waals surface area contributed by atoms with Gasteiger partial charge in [0.2, 0.25) is 0 Å². The second kappa shape index (κ2) is 9.12. The molecule has 0 atom stereocenters. The van der Waals surface area contributed by atoms with E-state index in [1.165, 1.54) is 0 Å². The van der Waals surface area contributed by atoms with Gasteiger partial charge in [-0.2, -0.15) is 0 Å². The van der Waals surface area contributed by atoms with Crippen molar-refractivity contribution in [2.24, 2.45) is 5.92 Å². The number of hydrogen-bond acceptors (Lipinski definition) is 4. The van der Waals surface area contributed by atoms with Gasteiger partial charge in [-0.25, -0.2) is 0 Å². The summed E-state index contributed by atoms with van der Waals surface area (Å²) < 4.78 is 15.1. The number of rotatable bonds is 9. The van der Waals surface area contributed by atoms with E-state index in [4.69, 9.17) is 14.2 Å². The van der Waals surface area contributed by atoms with E-state index >= 15 is 0 Å². The summed E-state index contributed by atoms with van der Waals surface area (Å²) in [6, 6.07) is 0. The Labute approximate surface area is 85.5 Å². The van der Waals surface area contributed by atoms with Gasteiger partial charge < -0.3 is 14.2 Å². The standard InChI is InChI=1S/C10H20O4/c1-9(2)10(11)8-14-7-6-13-5-4-12-3/h9H,4-8H2,1-3H3. The molecule has 0 heterocycles. The normalized spacial score (nSPS) is 10.9. The predicted octanol–water partition coefficient (Wildman–Crippen LogP) is 0.891. The van der Waals surface area contributed by atoms with Crippen LogP contribution in [0.15, 0.2) is 0 Å². The lowest BCUT2D eigenvalue weighted by Gasteiger charge is -2.06. The highest BCUT2D eigenvalue weighted by Crippen LogP contribution is 1.94. The first-order chi connectivity index (χ1) is 6.68. The monoisotopic (exact) mass is 204 g/mol. The minimum atomic E-state index is 0.0457. The fraction of sp³-hybridized carbons (Fsp3) is 0.900. The van der Waals surface area contributed by atoms with Gasteiger partial charge >= 0.3 is 0 Å². The van der Waals surface area contributed by atoms with Crippen molar-refractivity contribution in [1.29, 1.82) is 0 Å². The van der Waals surface area contributed by atoms with E-state index in [0.29, 0.717) is 26.4 Å². The molecule has 0 unspecified atom stereocenters. The number of Topliss-reactive ketones (excluding diaryl/α,β-unsaturated/α-hetero) is 1. The predicted molar refractivity (Wildman–Crippen MR) is 53.4 cm³/mol. The molecule has 0 radical (unpaired) electrons. The fourth-order valence-electron chi connectivity index (χ4n) is 0.702. The van der Waals surface area contributed by atoms with E-state index in [1.807, 2.05) is 13.8 Å². The van der Waals surface area contributed by atoms with Crippen molar-refractivity contribution in [3.05, 3.63) is 0 Å². The molecule has 0 aromatic carbocycles. The summed E-state index contributed by atoms with van der Waals surface area (Å²) in [6.07, 6.45) is 0. The summed E-state index contributed by atoms with van der Waals surface area (Å²) in [5.41, 5.74) is 0. The molecule has 0 aliphatic carbocycles. The van der Waals surface area contributed by atoms with Gasteiger partial charge in [-0.3, -0.25) is 4.79 Å². The summed E-state index contributed by atoms with van der Waals surface area (Å²) in [5.74, 6) is 0.173. The Morgan fingerprint density at radius 2 is 1.64 bits per heavy atom. The summed E-state index contributed by atoms with van der Waals surface area (Å²) >= 11 is 0. The van der Waals surface area contributed by atoms with Crippen LogP contribution in [0.4, 0.5) is 0 Å². The Balaban J connectivity index is 3.10. The lowest BCUT2D eigenvalue weighted by Crippen LogP contribution is -2.17. The third-order valence-corrected chi connectivity index (χ3v) is 1.69. The van der Waals surface area contributed by atoms with E-state index < -0.39 is 0 Å². The molecule has 0 aromatic heterocycles. The lowest BCUT2D eigenvalue weighted by molar-refractivity contribution is -0.127. The molecule has 0 bridgehead atoms. The molecular formula is C10H20O4. The minimum Gasteiger partial charge on any atom is -0.382 e. The first-order valence-corrected chi connectivity index (χ1v) is 4.85. The quantitative estimate of drug-likeness (QED) is 0.523. The molecule has 0 aromatic rings. The minimum absolute atomic E-state index is 0.0457. The Morgan fingerprint density at radius 3 is 2.21 bits per heavy atom. The zero-order valence-electron chi connectivity index (χ0n) is 9.25. The van der Waals surface area contributed by atoms with Crippen molar-refractivity contribution < 1.29 is 19.0 Å². The van der Waals surface area contributed by atoms with Gasteiger partial charge in [0.1, 0.15) is 6.61 Å². The highest BCUT2D eigenvalue weighted by molar-refractivity contribution is 5.81. The molecule has 14 heavy (non-hydrogen) atoms. The van der Waals surface area contributed by atoms with Crippen LogP contribution in [0.3, 0.4) is 0 Å². The van der Waals surface area contributed by atoms with Gasteiger partial charge in [-0.15, -0.1) is 0 Å². The second-order valence-corrected chi connectivity index (χ2v) is 3.28. The average molecular weight is 204 g/mol. The topological polar surface area (TPSA) is 44.8 Å². The molecule has 0 fully saturated rings. The first kappa shape index (κ1) is 13.5. The zero-order valence-corrected chi connectivity index (χ0v) is 9.25. The molecular weight excluding hydrogens is 184 g/mol. The molecule has 0 rings (SSSR count). The van der Waals surface area contributed by atoms with Crippen molar-refractivity contribution in [2.45, 2.75) is 13.8 Å². The smallest absolute Gasteiger partial charge is 0.160 e. The molecule has 84 valence electrons. The maximum atomic E-state index is 11.1. The van der Waals surface area contributed by atoms with E-state index in [9.17, 15) is 4.79 Å². The van der Waals surface area contributed by atoms with Crippen LogP contribution in [0.5, 0.6) is 0 Å². The molecule has 0 spiro atoms. The number of methoxy groups -OCH3 is 1. The van der Waals surface area contributed by atoms with Gasteiger partial charge in [0.15, 0.2) is 5.78 Å². The summed E-state index contributed by atoms with van der Waals surface area (Å²) in [7, 11) is 1.63. The van der Waals surface area contributed by atoms with Gasteiger partial charge in [-0.05, 0) is 0 Å².